The fourth-order valence-corrected chi connectivity index (χ4v) is 5.43. The van der Waals surface area contributed by atoms with Gasteiger partial charge in [-0.2, -0.15) is 13.2 Å². The van der Waals surface area contributed by atoms with Crippen LogP contribution in [0.1, 0.15) is 54.0 Å². The van der Waals surface area contributed by atoms with Crippen LogP contribution in [-0.4, -0.2) is 33.9 Å². The number of imidazole rings is 1. The molecular formula is C29H27ClF3N3O2. The fraction of sp³-hybridized carbons (Fsp3) is 0.310. The van der Waals surface area contributed by atoms with Gasteiger partial charge in [0, 0.05) is 12.1 Å². The van der Waals surface area contributed by atoms with Gasteiger partial charge in [-0.1, -0.05) is 41.4 Å². The second-order valence-corrected chi connectivity index (χ2v) is 10.2. The molecule has 1 fully saturated rings. The highest BCUT2D eigenvalue weighted by Crippen LogP contribution is 2.42. The molecule has 1 aliphatic heterocycles. The number of hydrogen-bond acceptors (Lipinski definition) is 3. The SMILES string of the molecule is CCOc1ccc(-c2ccc(C)cc2C(=O)N2CCCC2(C)c2nc3cc(Cl)c(C(F)(F)F)cc3[nH]2)cc1. The van der Waals surface area contributed by atoms with Crippen LogP contribution >= 0.6 is 11.6 Å². The number of H-pyrrole nitrogens is 1. The smallest absolute Gasteiger partial charge is 0.417 e. The number of carbonyl (C=O) groups excluding carboxylic acids is 1. The third-order valence-electron chi connectivity index (χ3n) is 7.15. The first kappa shape index (κ1) is 26.1. The number of amides is 1. The second-order valence-electron chi connectivity index (χ2n) is 9.77. The average Bonchev–Trinajstić information content (AvgIpc) is 3.47. The number of fused-ring (bicyclic) bond motifs is 1. The van der Waals surface area contributed by atoms with E-state index >= 15 is 0 Å². The Hall–Kier alpha value is -3.52. The van der Waals surface area contributed by atoms with Gasteiger partial charge in [-0.15, -0.1) is 0 Å². The number of alkyl halides is 3. The highest BCUT2D eigenvalue weighted by Gasteiger charge is 2.44. The topological polar surface area (TPSA) is 58.2 Å². The molecule has 5 rings (SSSR count). The van der Waals surface area contributed by atoms with Crippen molar-refractivity contribution in [1.29, 1.82) is 0 Å². The molecule has 5 nitrogen and oxygen atoms in total. The summed E-state index contributed by atoms with van der Waals surface area (Å²) in [6.45, 7) is 6.81. The maximum Gasteiger partial charge on any atom is 0.417 e. The first-order valence-electron chi connectivity index (χ1n) is 12.4. The van der Waals surface area contributed by atoms with E-state index in [0.717, 1.165) is 34.9 Å². The lowest BCUT2D eigenvalue weighted by molar-refractivity contribution is -0.137. The molecule has 0 spiro atoms. The van der Waals surface area contributed by atoms with Crippen LogP contribution in [0.3, 0.4) is 0 Å². The number of hydrogen-bond donors (Lipinski definition) is 1. The first-order chi connectivity index (χ1) is 18.0. The molecule has 0 saturated carbocycles. The molecule has 0 bridgehead atoms. The summed E-state index contributed by atoms with van der Waals surface area (Å²) in [5.41, 5.74) is 1.97. The molecule has 1 aliphatic rings. The van der Waals surface area contributed by atoms with Crippen molar-refractivity contribution < 1.29 is 22.7 Å². The Morgan fingerprint density at radius 2 is 1.89 bits per heavy atom. The minimum Gasteiger partial charge on any atom is -0.494 e. The number of halogens is 4. The van der Waals surface area contributed by atoms with E-state index in [1.165, 1.54) is 6.07 Å². The highest BCUT2D eigenvalue weighted by atomic mass is 35.5. The summed E-state index contributed by atoms with van der Waals surface area (Å²) in [7, 11) is 0. The lowest BCUT2D eigenvalue weighted by Crippen LogP contribution is -2.43. The van der Waals surface area contributed by atoms with Crippen LogP contribution < -0.4 is 4.74 Å². The molecule has 1 N–H and O–H groups in total. The van der Waals surface area contributed by atoms with Gasteiger partial charge < -0.3 is 14.6 Å². The molecule has 198 valence electrons. The number of nitrogens with zero attached hydrogens (tertiary/aromatic N) is 2. The van der Waals surface area contributed by atoms with Crippen LogP contribution in [0.4, 0.5) is 13.2 Å². The number of aromatic amines is 1. The van der Waals surface area contributed by atoms with E-state index in [2.05, 4.69) is 9.97 Å². The Bertz CT molecular complexity index is 1510. The first-order valence-corrected chi connectivity index (χ1v) is 12.8. The summed E-state index contributed by atoms with van der Waals surface area (Å²) in [6, 6.07) is 15.6. The molecule has 0 radical (unpaired) electrons. The minimum absolute atomic E-state index is 0.160. The molecule has 4 aromatic rings. The summed E-state index contributed by atoms with van der Waals surface area (Å²) >= 11 is 5.92. The van der Waals surface area contributed by atoms with E-state index in [1.54, 1.807) is 4.90 Å². The van der Waals surface area contributed by atoms with Gasteiger partial charge in [-0.05, 0) is 75.1 Å². The summed E-state index contributed by atoms with van der Waals surface area (Å²) < 4.78 is 45.8. The monoisotopic (exact) mass is 541 g/mol. The van der Waals surface area contributed by atoms with E-state index in [4.69, 9.17) is 16.3 Å². The maximum atomic E-state index is 14.1. The van der Waals surface area contributed by atoms with Crippen molar-refractivity contribution in [2.24, 2.45) is 0 Å². The zero-order valence-corrected chi connectivity index (χ0v) is 22.0. The van der Waals surface area contributed by atoms with Gasteiger partial charge in [-0.25, -0.2) is 4.98 Å². The number of benzene rings is 3. The molecule has 1 atom stereocenters. The summed E-state index contributed by atoms with van der Waals surface area (Å²) in [5, 5.41) is -0.410. The number of aryl methyl sites for hydroxylation is 1. The molecule has 1 amide bonds. The van der Waals surface area contributed by atoms with Crippen LogP contribution in [0.5, 0.6) is 5.75 Å². The number of ether oxygens (including phenoxy) is 1. The normalized spacial score (nSPS) is 17.8. The van der Waals surface area contributed by atoms with E-state index in [1.807, 2.05) is 63.2 Å². The van der Waals surface area contributed by atoms with Crippen molar-refractivity contribution >= 4 is 28.5 Å². The molecule has 1 unspecified atom stereocenters. The zero-order valence-electron chi connectivity index (χ0n) is 21.2. The van der Waals surface area contributed by atoms with Gasteiger partial charge in [0.1, 0.15) is 11.6 Å². The highest BCUT2D eigenvalue weighted by molar-refractivity contribution is 6.32. The van der Waals surface area contributed by atoms with Crippen molar-refractivity contribution in [1.82, 2.24) is 14.9 Å². The van der Waals surface area contributed by atoms with Gasteiger partial charge in [0.25, 0.3) is 5.91 Å². The fourth-order valence-electron chi connectivity index (χ4n) is 5.17. The Kier molecular flexibility index (Phi) is 6.63. The zero-order chi connectivity index (χ0) is 27.2. The molecule has 0 aliphatic carbocycles. The Morgan fingerprint density at radius 3 is 2.58 bits per heavy atom. The standard InChI is InChI=1S/C29H27ClF3N3O2/c1-4-38-19-9-7-18(8-10-19)20-11-6-17(2)14-21(20)26(37)36-13-5-12-28(36,3)27-34-24-15-22(29(31,32)33)23(30)16-25(24)35-27/h6-11,14-16H,4-5,12-13H2,1-3H3,(H,34,35). The van der Waals surface area contributed by atoms with Gasteiger partial charge >= 0.3 is 6.18 Å². The van der Waals surface area contributed by atoms with Gasteiger partial charge in [0.05, 0.1) is 33.8 Å². The van der Waals surface area contributed by atoms with Crippen molar-refractivity contribution in [2.45, 2.75) is 45.3 Å². The number of aromatic nitrogens is 2. The summed E-state index contributed by atoms with van der Waals surface area (Å²) in [5.74, 6) is 1.03. The molecule has 9 heteroatoms. The van der Waals surface area contributed by atoms with Gasteiger partial charge in [0.2, 0.25) is 0 Å². The molecule has 38 heavy (non-hydrogen) atoms. The molecule has 2 heterocycles. The lowest BCUT2D eigenvalue weighted by Gasteiger charge is -2.34. The Morgan fingerprint density at radius 1 is 1.16 bits per heavy atom. The van der Waals surface area contributed by atoms with Crippen LogP contribution in [0.2, 0.25) is 5.02 Å². The van der Waals surface area contributed by atoms with Gasteiger partial charge in [-0.3, -0.25) is 4.79 Å². The number of nitrogens with one attached hydrogen (secondary N) is 1. The number of rotatable bonds is 5. The van der Waals surface area contributed by atoms with Crippen LogP contribution in [0.15, 0.2) is 54.6 Å². The quantitative estimate of drug-likeness (QED) is 0.281. The summed E-state index contributed by atoms with van der Waals surface area (Å²) in [6.07, 6.45) is -3.24. The molecule has 3 aromatic carbocycles. The minimum atomic E-state index is -4.59. The van der Waals surface area contributed by atoms with Gasteiger partial charge in [0.15, 0.2) is 0 Å². The van der Waals surface area contributed by atoms with Crippen molar-refractivity contribution in [3.63, 3.8) is 0 Å². The van der Waals surface area contributed by atoms with E-state index < -0.39 is 22.3 Å². The van der Waals surface area contributed by atoms with E-state index in [9.17, 15) is 18.0 Å². The van der Waals surface area contributed by atoms with Crippen LogP contribution in [-0.2, 0) is 11.7 Å². The molecule has 1 aromatic heterocycles. The maximum absolute atomic E-state index is 14.1. The third-order valence-corrected chi connectivity index (χ3v) is 7.47. The third kappa shape index (κ3) is 4.62. The Labute approximate surface area is 223 Å². The average molecular weight is 542 g/mol. The predicted octanol–water partition coefficient (Wildman–Crippen LogP) is 7.76. The molecular weight excluding hydrogens is 515 g/mol. The largest absolute Gasteiger partial charge is 0.494 e. The van der Waals surface area contributed by atoms with E-state index in [-0.39, 0.29) is 11.4 Å². The molecule has 1 saturated heterocycles. The van der Waals surface area contributed by atoms with Crippen molar-refractivity contribution in [2.75, 3.05) is 13.2 Å². The Balaban J connectivity index is 1.54. The summed E-state index contributed by atoms with van der Waals surface area (Å²) in [4.78, 5) is 23.5. The predicted molar refractivity (Wildman–Crippen MR) is 142 cm³/mol. The van der Waals surface area contributed by atoms with Crippen molar-refractivity contribution in [3.8, 4) is 16.9 Å². The number of likely N-dealkylation sites (tertiary alicyclic amines) is 1. The van der Waals surface area contributed by atoms with Crippen molar-refractivity contribution in [3.05, 3.63) is 82.1 Å². The second kappa shape index (κ2) is 9.66. The number of carbonyl (C=O) groups is 1. The van der Waals surface area contributed by atoms with E-state index in [0.29, 0.717) is 36.5 Å². The van der Waals surface area contributed by atoms with Crippen LogP contribution in [0, 0.1) is 6.92 Å². The van der Waals surface area contributed by atoms with Crippen LogP contribution in [0.25, 0.3) is 22.2 Å². The lowest BCUT2D eigenvalue weighted by atomic mass is 9.94.